The Hall–Kier alpha value is -4.56. The highest BCUT2D eigenvalue weighted by molar-refractivity contribution is 7.98. The lowest BCUT2D eigenvalue weighted by Crippen LogP contribution is -2.35. The van der Waals surface area contributed by atoms with E-state index in [-0.39, 0.29) is 6.03 Å². The number of rotatable bonds is 11. The number of carbonyl (C=O) groups excluding carboxylic acids is 1. The maximum absolute atomic E-state index is 13.3. The van der Waals surface area contributed by atoms with Crippen LogP contribution in [0.3, 0.4) is 0 Å². The number of benzene rings is 4. The van der Waals surface area contributed by atoms with E-state index in [0.717, 1.165) is 33.5 Å². The molecule has 1 heterocycles. The lowest BCUT2D eigenvalue weighted by atomic mass is 10.1. The fraction of sp³-hybridized carbons (Fsp3) is 0.182. The molecule has 0 saturated heterocycles. The Morgan fingerprint density at radius 2 is 1.51 bits per heavy atom. The number of nitrogens with zero attached hydrogens (tertiary/aromatic N) is 3. The maximum Gasteiger partial charge on any atom is 0.319 e. The number of carbonyl (C=O) groups is 1. The van der Waals surface area contributed by atoms with Crippen molar-refractivity contribution >= 4 is 23.5 Å². The van der Waals surface area contributed by atoms with E-state index < -0.39 is 6.04 Å². The van der Waals surface area contributed by atoms with Gasteiger partial charge in [-0.05, 0) is 61.4 Å². The van der Waals surface area contributed by atoms with E-state index in [9.17, 15) is 4.79 Å². The summed E-state index contributed by atoms with van der Waals surface area (Å²) in [4.78, 5) is 13.3. The van der Waals surface area contributed by atoms with Crippen molar-refractivity contribution in [2.24, 2.45) is 0 Å². The second-order valence-electron chi connectivity index (χ2n) is 9.58. The molecule has 0 fully saturated rings. The molecular weight excluding hydrogens is 530 g/mol. The third-order valence-corrected chi connectivity index (χ3v) is 7.48. The minimum Gasteiger partial charge on any atom is -0.494 e. The van der Waals surface area contributed by atoms with Crippen LogP contribution in [-0.4, -0.2) is 27.4 Å². The van der Waals surface area contributed by atoms with Crippen LogP contribution in [-0.2, 0) is 12.2 Å². The zero-order valence-corrected chi connectivity index (χ0v) is 24.0. The van der Waals surface area contributed by atoms with Gasteiger partial charge in [0, 0.05) is 23.5 Å². The Labute approximate surface area is 245 Å². The van der Waals surface area contributed by atoms with Gasteiger partial charge in [0.25, 0.3) is 0 Å². The first-order valence-corrected chi connectivity index (χ1v) is 14.6. The zero-order chi connectivity index (χ0) is 28.4. The Bertz CT molecular complexity index is 1540. The first-order valence-electron chi connectivity index (χ1n) is 13.6. The first kappa shape index (κ1) is 28.0. The standard InChI is InChI=1S/C33H33N5O2S/c1-3-40-29-20-16-27(17-21-29)34-32(39)35-30(22-25-10-6-4-7-11-25)31-36-37-33(41-23-26-12-8-5-9-13-26)38(31)28-18-14-24(2)15-19-28/h4-21,30H,3,22-23H2,1-2H3,(H2,34,35,39). The Kier molecular flexibility index (Phi) is 9.34. The van der Waals surface area contributed by atoms with Crippen molar-refractivity contribution in [3.63, 3.8) is 0 Å². The van der Waals surface area contributed by atoms with Gasteiger partial charge in [0.15, 0.2) is 11.0 Å². The van der Waals surface area contributed by atoms with Crippen molar-refractivity contribution in [3.05, 3.63) is 132 Å². The molecule has 0 aliphatic heterocycles. The number of hydrogen-bond donors (Lipinski definition) is 2. The number of urea groups is 1. The SMILES string of the molecule is CCOc1ccc(NC(=O)NC(Cc2ccccc2)c2nnc(SCc3ccccc3)n2-c2ccc(C)cc2)cc1. The predicted octanol–water partition coefficient (Wildman–Crippen LogP) is 7.37. The van der Waals surface area contributed by atoms with E-state index in [2.05, 4.69) is 80.9 Å². The van der Waals surface area contributed by atoms with Crippen molar-refractivity contribution in [1.82, 2.24) is 20.1 Å². The van der Waals surface area contributed by atoms with E-state index in [1.165, 1.54) is 5.56 Å². The number of thioether (sulfide) groups is 1. The molecular formula is C33H33N5O2S. The molecule has 2 N–H and O–H groups in total. The summed E-state index contributed by atoms with van der Waals surface area (Å²) < 4.78 is 7.57. The van der Waals surface area contributed by atoms with Crippen LogP contribution >= 0.6 is 11.8 Å². The first-order chi connectivity index (χ1) is 20.1. The Morgan fingerprint density at radius 1 is 0.854 bits per heavy atom. The quantitative estimate of drug-likeness (QED) is 0.164. The number of aryl methyl sites for hydroxylation is 1. The van der Waals surface area contributed by atoms with Crippen LogP contribution in [0.1, 0.15) is 35.5 Å². The monoisotopic (exact) mass is 563 g/mol. The molecule has 0 bridgehead atoms. The molecule has 4 aromatic carbocycles. The summed E-state index contributed by atoms with van der Waals surface area (Å²) in [5.74, 6) is 2.17. The number of anilines is 1. The summed E-state index contributed by atoms with van der Waals surface area (Å²) >= 11 is 1.62. The molecule has 8 heteroatoms. The average molecular weight is 564 g/mol. The molecule has 1 unspecified atom stereocenters. The van der Waals surface area contributed by atoms with Crippen molar-refractivity contribution in [1.29, 1.82) is 0 Å². The van der Waals surface area contributed by atoms with Gasteiger partial charge in [0.2, 0.25) is 0 Å². The van der Waals surface area contributed by atoms with E-state index in [1.54, 1.807) is 11.8 Å². The lowest BCUT2D eigenvalue weighted by Gasteiger charge is -2.21. The van der Waals surface area contributed by atoms with Gasteiger partial charge in [-0.25, -0.2) is 4.79 Å². The second-order valence-corrected chi connectivity index (χ2v) is 10.5. The van der Waals surface area contributed by atoms with Gasteiger partial charge in [-0.1, -0.05) is 90.1 Å². The van der Waals surface area contributed by atoms with Gasteiger partial charge in [-0.2, -0.15) is 0 Å². The van der Waals surface area contributed by atoms with E-state index in [0.29, 0.717) is 24.5 Å². The van der Waals surface area contributed by atoms with Crippen molar-refractivity contribution in [3.8, 4) is 11.4 Å². The van der Waals surface area contributed by atoms with Gasteiger partial charge in [0.1, 0.15) is 5.75 Å². The highest BCUT2D eigenvalue weighted by Gasteiger charge is 2.25. The molecule has 208 valence electrons. The molecule has 0 saturated carbocycles. The van der Waals surface area contributed by atoms with Crippen LogP contribution in [0.25, 0.3) is 5.69 Å². The summed E-state index contributed by atoms with van der Waals surface area (Å²) in [6.07, 6.45) is 0.547. The average Bonchev–Trinajstić information content (AvgIpc) is 3.42. The van der Waals surface area contributed by atoms with Gasteiger partial charge >= 0.3 is 6.03 Å². The van der Waals surface area contributed by atoms with E-state index in [1.807, 2.05) is 67.6 Å². The van der Waals surface area contributed by atoms with Crippen LogP contribution in [0.15, 0.2) is 114 Å². The molecule has 5 aromatic rings. The summed E-state index contributed by atoms with van der Waals surface area (Å²) in [7, 11) is 0. The summed E-state index contributed by atoms with van der Waals surface area (Å²) in [6.45, 7) is 4.59. The third-order valence-electron chi connectivity index (χ3n) is 6.48. The minimum absolute atomic E-state index is 0.327. The Balaban J connectivity index is 1.46. The van der Waals surface area contributed by atoms with E-state index in [4.69, 9.17) is 4.74 Å². The number of nitrogens with one attached hydrogen (secondary N) is 2. The maximum atomic E-state index is 13.3. The fourth-order valence-corrected chi connectivity index (χ4v) is 5.36. The molecule has 0 aliphatic rings. The normalized spacial score (nSPS) is 11.6. The number of amides is 2. The van der Waals surface area contributed by atoms with Gasteiger partial charge in [-0.3, -0.25) is 4.57 Å². The number of ether oxygens (including phenoxy) is 1. The molecule has 5 rings (SSSR count). The highest BCUT2D eigenvalue weighted by atomic mass is 32.2. The number of aromatic nitrogens is 3. The molecule has 0 spiro atoms. The Morgan fingerprint density at radius 3 is 2.17 bits per heavy atom. The van der Waals surface area contributed by atoms with Crippen LogP contribution in [0.4, 0.5) is 10.5 Å². The zero-order valence-electron chi connectivity index (χ0n) is 23.2. The largest absolute Gasteiger partial charge is 0.494 e. The smallest absolute Gasteiger partial charge is 0.319 e. The van der Waals surface area contributed by atoms with Crippen molar-refractivity contribution in [2.75, 3.05) is 11.9 Å². The minimum atomic E-state index is -0.444. The number of hydrogen-bond acceptors (Lipinski definition) is 5. The second kappa shape index (κ2) is 13.7. The van der Waals surface area contributed by atoms with Crippen molar-refractivity contribution < 1.29 is 9.53 Å². The summed E-state index contributed by atoms with van der Waals surface area (Å²) in [5.41, 5.74) is 5.05. The summed E-state index contributed by atoms with van der Waals surface area (Å²) in [6, 6.07) is 35.2. The predicted molar refractivity (Wildman–Crippen MR) is 165 cm³/mol. The van der Waals surface area contributed by atoms with Gasteiger partial charge < -0.3 is 15.4 Å². The van der Waals surface area contributed by atoms with E-state index >= 15 is 0 Å². The molecule has 1 atom stereocenters. The van der Waals surface area contributed by atoms with Crippen LogP contribution in [0, 0.1) is 6.92 Å². The third kappa shape index (κ3) is 7.55. The van der Waals surface area contributed by atoms with Crippen molar-refractivity contribution in [2.45, 2.75) is 37.2 Å². The molecule has 0 aliphatic carbocycles. The van der Waals surface area contributed by atoms with Crippen LogP contribution in [0.5, 0.6) is 5.75 Å². The summed E-state index contributed by atoms with van der Waals surface area (Å²) in [5, 5.41) is 16.1. The molecule has 2 amide bonds. The highest BCUT2D eigenvalue weighted by Crippen LogP contribution is 2.29. The van der Waals surface area contributed by atoms with Crippen LogP contribution < -0.4 is 15.4 Å². The topological polar surface area (TPSA) is 81.1 Å². The fourth-order valence-electron chi connectivity index (χ4n) is 4.44. The molecule has 41 heavy (non-hydrogen) atoms. The lowest BCUT2D eigenvalue weighted by molar-refractivity contribution is 0.247. The molecule has 7 nitrogen and oxygen atoms in total. The van der Waals surface area contributed by atoms with Crippen LogP contribution in [0.2, 0.25) is 0 Å². The molecule has 0 radical (unpaired) electrons. The van der Waals surface area contributed by atoms with Gasteiger partial charge in [-0.15, -0.1) is 10.2 Å². The molecule has 1 aromatic heterocycles. The van der Waals surface area contributed by atoms with Gasteiger partial charge in [0.05, 0.1) is 12.6 Å².